The number of halogens is 17. The standard InChI is InChI=1S/C16H20F4N2O2.C16H18F4N2O2.C11H12F4N2.C6H2BrF4N.4CH4.H2/c2*1-15(2,3)24-14(23)22-6-4-10(5-7-22)13-12(17)8-11(9-21-13)16(18,19)20;12-9-5-8(11(13,14)15)6-17-10(9)7-1-3-16-4-2-7;7-5-4(8)1-3(2-12-5)6(9,10)11;;;;;/h8-10H,4-7H2,1-3H3;4,8-9H,5-7H2,1-3H3;5-7,16H,1-4H2;1-2H;4*1H4;1H/i;;;;;;;;1+1D. The summed E-state index contributed by atoms with van der Waals surface area (Å²) < 4.78 is 222. The van der Waals surface area contributed by atoms with Crippen molar-refractivity contribution >= 4 is 33.7 Å². The van der Waals surface area contributed by atoms with Crippen LogP contribution in [0.15, 0.2) is 59.7 Å². The molecule has 11 nitrogen and oxygen atoms in total. The van der Waals surface area contributed by atoms with Crippen molar-refractivity contribution < 1.29 is 92.3 Å². The van der Waals surface area contributed by atoms with E-state index in [0.29, 0.717) is 93.4 Å². The Bertz CT molecular complexity index is 2690. The van der Waals surface area contributed by atoms with E-state index in [1.165, 1.54) is 9.80 Å². The van der Waals surface area contributed by atoms with E-state index in [2.05, 4.69) is 41.2 Å². The maximum Gasteiger partial charge on any atom is 0.417 e. The number of hydrogen-bond acceptors (Lipinski definition) is 9. The largest absolute Gasteiger partial charge is 0.444 e. The van der Waals surface area contributed by atoms with E-state index in [1.807, 2.05) is 0 Å². The minimum atomic E-state index is -4.64. The van der Waals surface area contributed by atoms with Gasteiger partial charge in [-0.05, 0) is 133 Å². The molecule has 28 heteroatoms. The summed E-state index contributed by atoms with van der Waals surface area (Å²) in [5.74, 6) is -4.26. The van der Waals surface area contributed by atoms with Crippen molar-refractivity contribution in [3.05, 3.63) is 122 Å². The van der Waals surface area contributed by atoms with Gasteiger partial charge >= 0.3 is 36.9 Å². The molecular formula is C53H70BrF16N7O4. The number of aromatic nitrogens is 4. The molecule has 2 saturated heterocycles. The van der Waals surface area contributed by atoms with E-state index in [1.54, 1.807) is 47.6 Å². The van der Waals surface area contributed by atoms with Crippen LogP contribution in [0, 0.1) is 23.3 Å². The Balaban J connectivity index is 0. The number of alkyl halides is 12. The zero-order chi connectivity index (χ0) is 60.1. The molecule has 0 radical (unpaired) electrons. The highest BCUT2D eigenvalue weighted by molar-refractivity contribution is 9.10. The van der Waals surface area contributed by atoms with Gasteiger partial charge in [-0.15, -0.1) is 0 Å². The highest BCUT2D eigenvalue weighted by Crippen LogP contribution is 2.36. The van der Waals surface area contributed by atoms with Crippen molar-refractivity contribution in [3.63, 3.8) is 0 Å². The molecule has 0 saturated carbocycles. The first-order valence-corrected chi connectivity index (χ1v) is 24.1. The second-order valence-electron chi connectivity index (χ2n) is 19.4. The van der Waals surface area contributed by atoms with E-state index in [4.69, 9.17) is 12.4 Å². The quantitative estimate of drug-likeness (QED) is 0.158. The third-order valence-electron chi connectivity index (χ3n) is 11.1. The molecule has 460 valence electrons. The highest BCUT2D eigenvalue weighted by Gasteiger charge is 2.37. The summed E-state index contributed by atoms with van der Waals surface area (Å²) in [5.41, 5.74) is -5.06. The van der Waals surface area contributed by atoms with Gasteiger partial charge < -0.3 is 24.6 Å². The van der Waals surface area contributed by atoms with E-state index < -0.39 is 93.6 Å². The van der Waals surface area contributed by atoms with E-state index >= 15 is 0 Å². The average Bonchev–Trinajstić information content (AvgIpc) is 3.38. The van der Waals surface area contributed by atoms with Crippen molar-refractivity contribution in [1.82, 2.24) is 35.1 Å². The molecule has 3 aliphatic heterocycles. The Morgan fingerprint density at radius 3 is 1.25 bits per heavy atom. The van der Waals surface area contributed by atoms with Gasteiger partial charge in [-0.25, -0.2) is 32.1 Å². The second-order valence-corrected chi connectivity index (χ2v) is 20.1. The molecule has 0 spiro atoms. The number of carbonyl (C=O) groups excluding carboxylic acids is 2. The molecule has 7 heterocycles. The summed E-state index contributed by atoms with van der Waals surface area (Å²) in [5, 5.41) is 3.11. The number of rotatable bonds is 3. The topological polar surface area (TPSA) is 123 Å². The number of carbonyl (C=O) groups is 2. The number of likely N-dealkylation sites (tertiary alicyclic amines) is 1. The Labute approximate surface area is 472 Å². The zero-order valence-electron chi connectivity index (χ0n) is 43.9. The molecular weight excluding hydrogens is 1180 g/mol. The van der Waals surface area contributed by atoms with Crippen molar-refractivity contribution in [2.45, 2.75) is 151 Å². The van der Waals surface area contributed by atoms with Crippen LogP contribution in [-0.2, 0) is 34.2 Å². The monoisotopic (exact) mass is 1250 g/mol. The minimum absolute atomic E-state index is 0. The van der Waals surface area contributed by atoms with E-state index in [-0.39, 0.29) is 82.7 Å². The highest BCUT2D eigenvalue weighted by atomic mass is 79.9. The fourth-order valence-electron chi connectivity index (χ4n) is 7.35. The summed E-state index contributed by atoms with van der Waals surface area (Å²) in [6.07, 6.45) is -12.6. The average molecular weight is 1260 g/mol. The van der Waals surface area contributed by atoms with Gasteiger partial charge in [0.05, 0.1) is 33.6 Å². The van der Waals surface area contributed by atoms with Gasteiger partial charge in [0.2, 0.25) is 0 Å². The van der Waals surface area contributed by atoms with Crippen LogP contribution < -0.4 is 5.32 Å². The van der Waals surface area contributed by atoms with E-state index in [0.717, 1.165) is 13.1 Å². The molecule has 0 aromatic carbocycles. The fraction of sp³-hybridized carbons (Fsp3) is 0.547. The lowest BCUT2D eigenvalue weighted by molar-refractivity contribution is -0.138. The fourth-order valence-corrected chi connectivity index (χ4v) is 7.56. The molecule has 7 rings (SSSR count). The predicted octanol–water partition coefficient (Wildman–Crippen LogP) is 17.1. The molecule has 4 aromatic heterocycles. The maximum absolute atomic E-state index is 14.0. The summed E-state index contributed by atoms with van der Waals surface area (Å²) in [6.45, 7) is 13.2. The number of piperidine rings is 2. The lowest BCUT2D eigenvalue weighted by atomic mass is 9.92. The van der Waals surface area contributed by atoms with E-state index in [9.17, 15) is 79.8 Å². The number of pyridine rings is 4. The van der Waals surface area contributed by atoms with Crippen LogP contribution in [0.4, 0.5) is 79.8 Å². The predicted molar refractivity (Wildman–Crippen MR) is 279 cm³/mol. The first-order chi connectivity index (χ1) is 36.3. The van der Waals surface area contributed by atoms with Gasteiger partial charge in [0.15, 0.2) is 5.82 Å². The van der Waals surface area contributed by atoms with Crippen LogP contribution in [-0.4, -0.2) is 92.4 Å². The Hall–Kier alpha value is -5.80. The van der Waals surface area contributed by atoms with Crippen LogP contribution in [0.3, 0.4) is 0 Å². The van der Waals surface area contributed by atoms with Crippen LogP contribution in [0.1, 0.15) is 157 Å². The smallest absolute Gasteiger partial charge is 0.417 e. The molecule has 2 fully saturated rings. The van der Waals surface area contributed by atoms with Crippen molar-refractivity contribution in [1.29, 1.82) is 0 Å². The van der Waals surface area contributed by atoms with Gasteiger partial charge in [-0.1, -0.05) is 35.8 Å². The molecule has 0 bridgehead atoms. The molecule has 0 unspecified atom stereocenters. The molecule has 0 aliphatic carbocycles. The van der Waals surface area contributed by atoms with Gasteiger partial charge in [-0.3, -0.25) is 15.0 Å². The van der Waals surface area contributed by atoms with Crippen LogP contribution in [0.25, 0.3) is 5.57 Å². The number of nitrogens with zero attached hydrogens (tertiary/aromatic N) is 6. The Kier molecular flexibility index (Phi) is 27.6. The number of nitrogens with one attached hydrogen (secondary N) is 1. The lowest BCUT2D eigenvalue weighted by Gasteiger charge is -2.33. The first kappa shape index (κ1) is 73.2. The molecule has 81 heavy (non-hydrogen) atoms. The van der Waals surface area contributed by atoms with Crippen molar-refractivity contribution in [3.8, 4) is 0 Å². The number of hydrogen-bond donors (Lipinski definition) is 1. The summed E-state index contributed by atoms with van der Waals surface area (Å²) in [4.78, 5) is 40.9. The third kappa shape index (κ3) is 23.5. The molecule has 2 amide bonds. The van der Waals surface area contributed by atoms with Crippen LogP contribution in [0.5, 0.6) is 0 Å². The number of ether oxygens (including phenoxy) is 2. The minimum Gasteiger partial charge on any atom is -0.444 e. The third-order valence-corrected chi connectivity index (χ3v) is 11.7. The maximum atomic E-state index is 14.0. The first-order valence-electron chi connectivity index (χ1n) is 24.3. The molecule has 4 aromatic rings. The van der Waals surface area contributed by atoms with Crippen LogP contribution in [0.2, 0.25) is 0 Å². The van der Waals surface area contributed by atoms with Gasteiger partial charge in [0, 0.05) is 65.8 Å². The SMILES string of the molecule is C.C.C.C.CC(C)(C)OC(=O)N1CC=C(c2ncc(C(F)(F)F)cc2F)CC1.CC(C)(C)OC(=O)N1CCC(c2ncc(C(F)(F)F)cc2F)CC1.Fc1cc(C(F)(F)F)cnc1Br.Fc1cc(C(F)(F)F)cnc1C1CCNCC1.[2H][2H]. The normalized spacial score (nSPS) is 15.5. The number of amides is 2. The van der Waals surface area contributed by atoms with Crippen LogP contribution >= 0.6 is 15.9 Å². The van der Waals surface area contributed by atoms with Gasteiger partial charge in [-0.2, -0.15) is 52.7 Å². The zero-order valence-corrected chi connectivity index (χ0v) is 43.5. The van der Waals surface area contributed by atoms with Crippen molar-refractivity contribution in [2.75, 3.05) is 39.3 Å². The summed E-state index contributed by atoms with van der Waals surface area (Å²) in [7, 11) is 0. The lowest BCUT2D eigenvalue weighted by Crippen LogP contribution is -2.41. The molecule has 0 atom stereocenters. The molecule has 3 aliphatic rings. The van der Waals surface area contributed by atoms with Gasteiger partial charge in [0.1, 0.15) is 39.0 Å². The molecule has 1 N–H and O–H groups in total. The summed E-state index contributed by atoms with van der Waals surface area (Å²) >= 11 is 2.64. The Morgan fingerprint density at radius 2 is 0.901 bits per heavy atom. The van der Waals surface area contributed by atoms with Crippen molar-refractivity contribution in [2.24, 2.45) is 0 Å². The Morgan fingerprint density at radius 1 is 0.543 bits per heavy atom. The van der Waals surface area contributed by atoms with Gasteiger partial charge in [0.25, 0.3) is 0 Å². The second kappa shape index (κ2) is 30.5. The summed E-state index contributed by atoms with van der Waals surface area (Å²) in [6, 6.07) is 1.83.